The lowest BCUT2D eigenvalue weighted by Crippen LogP contribution is -2.10. The monoisotopic (exact) mass is 221 g/mol. The van der Waals surface area contributed by atoms with Crippen molar-refractivity contribution in [2.45, 2.75) is 26.1 Å². The molecule has 1 N–H and O–H groups in total. The van der Waals surface area contributed by atoms with E-state index in [-0.39, 0.29) is 18.1 Å². The van der Waals surface area contributed by atoms with Crippen LogP contribution in [0.1, 0.15) is 13.8 Å². The molecule has 86 valence electrons. The molecule has 1 aliphatic heterocycles. The van der Waals surface area contributed by atoms with Gasteiger partial charge in [0, 0.05) is 6.92 Å². The summed E-state index contributed by atoms with van der Waals surface area (Å²) < 4.78 is 10.8. The summed E-state index contributed by atoms with van der Waals surface area (Å²) in [4.78, 5) is 11.0. The number of ether oxygens (including phenoxy) is 2. The van der Waals surface area contributed by atoms with E-state index in [1.807, 2.05) is 31.2 Å². The maximum Gasteiger partial charge on any atom is 0.221 e. The van der Waals surface area contributed by atoms with Crippen LogP contribution in [0, 0.1) is 0 Å². The molecule has 0 aliphatic carbocycles. The summed E-state index contributed by atoms with van der Waals surface area (Å²) >= 11 is 0. The van der Waals surface area contributed by atoms with E-state index >= 15 is 0 Å². The Labute approximate surface area is 94.6 Å². The third-order valence-corrected chi connectivity index (χ3v) is 2.44. The zero-order chi connectivity index (χ0) is 11.5. The minimum absolute atomic E-state index is 0.105. The molecule has 0 unspecified atom stereocenters. The Morgan fingerprint density at radius 3 is 2.81 bits per heavy atom. The minimum Gasteiger partial charge on any atom is -0.489 e. The van der Waals surface area contributed by atoms with Crippen molar-refractivity contribution in [3.63, 3.8) is 0 Å². The molecule has 1 aromatic rings. The average molecular weight is 221 g/mol. The molecular formula is C12H15NO3. The van der Waals surface area contributed by atoms with Gasteiger partial charge in [-0.25, -0.2) is 0 Å². The van der Waals surface area contributed by atoms with E-state index in [0.29, 0.717) is 18.0 Å². The van der Waals surface area contributed by atoms with Gasteiger partial charge < -0.3 is 14.8 Å². The van der Waals surface area contributed by atoms with Crippen molar-refractivity contribution in [2.24, 2.45) is 0 Å². The predicted octanol–water partition coefficient (Wildman–Crippen LogP) is 1.81. The lowest BCUT2D eigenvalue weighted by Gasteiger charge is -2.10. The van der Waals surface area contributed by atoms with Crippen LogP contribution in [-0.2, 0) is 9.53 Å². The Kier molecular flexibility index (Phi) is 3.10. The summed E-state index contributed by atoms with van der Waals surface area (Å²) in [6.45, 7) is 4.01. The van der Waals surface area contributed by atoms with E-state index in [2.05, 4.69) is 5.32 Å². The van der Waals surface area contributed by atoms with Crippen LogP contribution < -0.4 is 10.1 Å². The van der Waals surface area contributed by atoms with Gasteiger partial charge in [-0.3, -0.25) is 4.79 Å². The van der Waals surface area contributed by atoms with E-state index in [4.69, 9.17) is 9.47 Å². The van der Waals surface area contributed by atoms with Gasteiger partial charge in [0.05, 0.1) is 11.8 Å². The average Bonchev–Trinajstić information content (AvgIpc) is 2.93. The van der Waals surface area contributed by atoms with Gasteiger partial charge in [-0.05, 0) is 19.1 Å². The number of epoxide rings is 1. The summed E-state index contributed by atoms with van der Waals surface area (Å²) in [5, 5.41) is 2.72. The number of rotatable bonds is 4. The van der Waals surface area contributed by atoms with Crippen molar-refractivity contribution in [3.8, 4) is 5.75 Å². The van der Waals surface area contributed by atoms with Gasteiger partial charge in [-0.2, -0.15) is 0 Å². The highest BCUT2D eigenvalue weighted by Crippen LogP contribution is 2.27. The number of carbonyl (C=O) groups is 1. The van der Waals surface area contributed by atoms with Gasteiger partial charge in [-0.1, -0.05) is 12.1 Å². The molecule has 0 aromatic heterocycles. The van der Waals surface area contributed by atoms with Crippen molar-refractivity contribution in [1.29, 1.82) is 0 Å². The number of nitrogens with one attached hydrogen (secondary N) is 1. The quantitative estimate of drug-likeness (QED) is 0.789. The summed E-state index contributed by atoms with van der Waals surface area (Å²) in [6.07, 6.45) is 0.471. The SMILES string of the molecule is CC(=O)Nc1ccccc1OC[C@@H]1O[C@@H]1C. The van der Waals surface area contributed by atoms with Crippen LogP contribution in [0.4, 0.5) is 5.69 Å². The number of benzene rings is 1. The van der Waals surface area contributed by atoms with E-state index in [9.17, 15) is 4.79 Å². The van der Waals surface area contributed by atoms with Gasteiger partial charge in [0.2, 0.25) is 5.91 Å². The normalized spacial score (nSPS) is 22.6. The van der Waals surface area contributed by atoms with Gasteiger partial charge in [0.15, 0.2) is 0 Å². The lowest BCUT2D eigenvalue weighted by molar-refractivity contribution is -0.114. The maximum atomic E-state index is 11.0. The zero-order valence-corrected chi connectivity index (χ0v) is 9.40. The smallest absolute Gasteiger partial charge is 0.221 e. The molecule has 4 nitrogen and oxygen atoms in total. The van der Waals surface area contributed by atoms with Crippen LogP contribution in [0.25, 0.3) is 0 Å². The first-order valence-electron chi connectivity index (χ1n) is 5.31. The maximum absolute atomic E-state index is 11.0. The third kappa shape index (κ3) is 2.73. The Morgan fingerprint density at radius 1 is 1.50 bits per heavy atom. The molecule has 1 aromatic carbocycles. The molecule has 0 radical (unpaired) electrons. The third-order valence-electron chi connectivity index (χ3n) is 2.44. The molecule has 2 atom stereocenters. The predicted molar refractivity (Wildman–Crippen MR) is 60.6 cm³/mol. The molecule has 4 heteroatoms. The second-order valence-corrected chi connectivity index (χ2v) is 3.87. The second kappa shape index (κ2) is 4.53. The van der Waals surface area contributed by atoms with E-state index in [1.54, 1.807) is 0 Å². The van der Waals surface area contributed by atoms with Crippen molar-refractivity contribution in [2.75, 3.05) is 11.9 Å². The fraction of sp³-hybridized carbons (Fsp3) is 0.417. The standard InChI is InChI=1S/C12H15NO3/c1-8-12(16-8)7-15-11-6-4-3-5-10(11)13-9(2)14/h3-6,8,12H,7H2,1-2H3,(H,13,14)/t8-,12+/m1/s1. The molecule has 0 bridgehead atoms. The molecular weight excluding hydrogens is 206 g/mol. The van der Waals surface area contributed by atoms with Crippen LogP contribution in [0.3, 0.4) is 0 Å². The summed E-state index contributed by atoms with van der Waals surface area (Å²) in [6, 6.07) is 7.37. The fourth-order valence-corrected chi connectivity index (χ4v) is 1.46. The number of hydrogen-bond acceptors (Lipinski definition) is 3. The fourth-order valence-electron chi connectivity index (χ4n) is 1.46. The first-order valence-corrected chi connectivity index (χ1v) is 5.31. The molecule has 1 saturated heterocycles. The van der Waals surface area contributed by atoms with Gasteiger partial charge in [0.25, 0.3) is 0 Å². The molecule has 1 fully saturated rings. The van der Waals surface area contributed by atoms with Crippen molar-refractivity contribution < 1.29 is 14.3 Å². The second-order valence-electron chi connectivity index (χ2n) is 3.87. The van der Waals surface area contributed by atoms with Crippen molar-refractivity contribution in [3.05, 3.63) is 24.3 Å². The summed E-state index contributed by atoms with van der Waals surface area (Å²) in [7, 11) is 0. The Balaban J connectivity index is 1.98. The van der Waals surface area contributed by atoms with Crippen LogP contribution in [0.15, 0.2) is 24.3 Å². The van der Waals surface area contributed by atoms with E-state index in [0.717, 1.165) is 0 Å². The van der Waals surface area contributed by atoms with E-state index < -0.39 is 0 Å². The minimum atomic E-state index is -0.105. The highest BCUT2D eigenvalue weighted by Gasteiger charge is 2.34. The molecule has 1 amide bonds. The number of hydrogen-bond donors (Lipinski definition) is 1. The Bertz CT molecular complexity index is 392. The molecule has 1 heterocycles. The summed E-state index contributed by atoms with van der Waals surface area (Å²) in [5.41, 5.74) is 0.698. The first kappa shape index (κ1) is 11.0. The van der Waals surface area contributed by atoms with Gasteiger partial charge >= 0.3 is 0 Å². The van der Waals surface area contributed by atoms with Crippen LogP contribution in [-0.4, -0.2) is 24.7 Å². The highest BCUT2D eigenvalue weighted by molar-refractivity contribution is 5.90. The topological polar surface area (TPSA) is 50.9 Å². The molecule has 16 heavy (non-hydrogen) atoms. The number of amides is 1. The molecule has 1 aliphatic rings. The van der Waals surface area contributed by atoms with Crippen LogP contribution >= 0.6 is 0 Å². The number of para-hydroxylation sites is 2. The molecule has 2 rings (SSSR count). The summed E-state index contributed by atoms with van der Waals surface area (Å²) in [5.74, 6) is 0.576. The highest BCUT2D eigenvalue weighted by atomic mass is 16.6. The number of anilines is 1. The van der Waals surface area contributed by atoms with E-state index in [1.165, 1.54) is 6.92 Å². The Hall–Kier alpha value is -1.55. The van der Waals surface area contributed by atoms with Crippen LogP contribution in [0.2, 0.25) is 0 Å². The number of carbonyl (C=O) groups excluding carboxylic acids is 1. The molecule has 0 spiro atoms. The van der Waals surface area contributed by atoms with Gasteiger partial charge in [-0.15, -0.1) is 0 Å². The lowest BCUT2D eigenvalue weighted by atomic mass is 10.3. The van der Waals surface area contributed by atoms with Crippen molar-refractivity contribution >= 4 is 11.6 Å². The van der Waals surface area contributed by atoms with Crippen molar-refractivity contribution in [1.82, 2.24) is 0 Å². The zero-order valence-electron chi connectivity index (χ0n) is 9.40. The first-order chi connectivity index (χ1) is 7.66. The van der Waals surface area contributed by atoms with Crippen LogP contribution in [0.5, 0.6) is 5.75 Å². The molecule has 0 saturated carbocycles. The largest absolute Gasteiger partial charge is 0.489 e. The Morgan fingerprint density at radius 2 is 2.19 bits per heavy atom. The van der Waals surface area contributed by atoms with Gasteiger partial charge in [0.1, 0.15) is 18.5 Å².